The number of hydrogen-bond acceptors (Lipinski definition) is 5. The lowest BCUT2D eigenvalue weighted by Crippen LogP contribution is -2.34. The third kappa shape index (κ3) is 3.19. The number of benzene rings is 1. The fourth-order valence-electron chi connectivity index (χ4n) is 1.70. The number of hydrazine groups is 1. The Morgan fingerprint density at radius 3 is 2.17 bits per heavy atom. The van der Waals surface area contributed by atoms with Crippen molar-refractivity contribution in [2.75, 3.05) is 12.0 Å². The largest absolute Gasteiger partial charge is 0.369 e. The van der Waals surface area contributed by atoms with Gasteiger partial charge in [-0.1, -0.05) is 0 Å². The van der Waals surface area contributed by atoms with Crippen molar-refractivity contribution < 1.29 is 13.2 Å². The number of carbonyl (C=O) groups is 1. The fraction of sp³-hybridized carbons (Fsp3) is 0.300. The van der Waals surface area contributed by atoms with Crippen molar-refractivity contribution in [3.63, 3.8) is 0 Å². The van der Waals surface area contributed by atoms with Gasteiger partial charge in [0.25, 0.3) is 0 Å². The molecular weight excluding hydrogens is 256 g/mol. The zero-order valence-electron chi connectivity index (χ0n) is 10.1. The molecule has 1 rings (SSSR count). The van der Waals surface area contributed by atoms with Crippen LogP contribution in [0, 0.1) is 13.8 Å². The van der Waals surface area contributed by atoms with Crippen LogP contribution in [0.1, 0.15) is 11.1 Å². The molecule has 0 spiro atoms. The highest BCUT2D eigenvalue weighted by Gasteiger charge is 2.20. The highest BCUT2D eigenvalue weighted by atomic mass is 32.2. The fourth-order valence-corrected chi connectivity index (χ4v) is 3.14. The van der Waals surface area contributed by atoms with Gasteiger partial charge in [-0.3, -0.25) is 10.6 Å². The number of rotatable bonds is 5. The van der Waals surface area contributed by atoms with E-state index in [-0.39, 0.29) is 4.90 Å². The molecule has 0 radical (unpaired) electrons. The third-order valence-electron chi connectivity index (χ3n) is 2.33. The van der Waals surface area contributed by atoms with E-state index in [0.29, 0.717) is 16.8 Å². The second-order valence-corrected chi connectivity index (χ2v) is 5.58. The summed E-state index contributed by atoms with van der Waals surface area (Å²) in [5.74, 6) is 4.53. The molecular formula is C10H16N4O3S. The first-order chi connectivity index (χ1) is 8.27. The van der Waals surface area contributed by atoms with E-state index in [2.05, 4.69) is 10.1 Å². The number of anilines is 1. The molecule has 0 saturated carbocycles. The number of nitrogen functional groups attached to an aromatic ring is 1. The van der Waals surface area contributed by atoms with Gasteiger partial charge < -0.3 is 11.2 Å². The van der Waals surface area contributed by atoms with Gasteiger partial charge >= 0.3 is 0 Å². The van der Waals surface area contributed by atoms with Crippen molar-refractivity contribution in [1.29, 1.82) is 0 Å². The maximum atomic E-state index is 12.0. The molecule has 100 valence electrons. The van der Waals surface area contributed by atoms with Crippen molar-refractivity contribution in [2.45, 2.75) is 18.7 Å². The molecule has 0 saturated heterocycles. The Morgan fingerprint density at radius 2 is 1.78 bits per heavy atom. The number of aryl methyl sites for hydroxylation is 2. The Morgan fingerprint density at radius 1 is 1.28 bits per heavy atom. The van der Waals surface area contributed by atoms with E-state index in [9.17, 15) is 13.2 Å². The molecule has 1 amide bonds. The molecule has 1 aromatic carbocycles. The van der Waals surface area contributed by atoms with Crippen LogP contribution in [0.3, 0.4) is 0 Å². The first-order valence-corrected chi connectivity index (χ1v) is 6.62. The molecule has 0 heterocycles. The number of sulfonamides is 1. The Labute approximate surface area is 106 Å². The maximum absolute atomic E-state index is 12.0. The monoisotopic (exact) mass is 272 g/mol. The summed E-state index contributed by atoms with van der Waals surface area (Å²) in [6, 6.07) is 3.21. The summed E-state index contributed by atoms with van der Waals surface area (Å²) >= 11 is 0. The Kier molecular flexibility index (Phi) is 4.28. The predicted molar refractivity (Wildman–Crippen MR) is 68.1 cm³/mol. The van der Waals surface area contributed by atoms with Crippen LogP contribution in [-0.4, -0.2) is 20.9 Å². The van der Waals surface area contributed by atoms with Crippen LogP contribution >= 0.6 is 0 Å². The minimum Gasteiger partial charge on any atom is -0.369 e. The first kappa shape index (κ1) is 14.4. The minimum absolute atomic E-state index is 0.128. The van der Waals surface area contributed by atoms with Crippen LogP contribution in [0.15, 0.2) is 17.0 Å². The topological polar surface area (TPSA) is 127 Å². The maximum Gasteiger partial charge on any atom is 0.241 e. The summed E-state index contributed by atoms with van der Waals surface area (Å²) in [6.07, 6.45) is 0. The SMILES string of the molecule is Cc1cc(NN)cc(C)c1S(=O)(=O)NCC(N)=O. The lowest BCUT2D eigenvalue weighted by Gasteiger charge is -2.13. The molecule has 0 aliphatic carbocycles. The highest BCUT2D eigenvalue weighted by Crippen LogP contribution is 2.23. The van der Waals surface area contributed by atoms with E-state index in [0.717, 1.165) is 0 Å². The molecule has 6 N–H and O–H groups in total. The van der Waals surface area contributed by atoms with Crippen molar-refractivity contribution in [2.24, 2.45) is 11.6 Å². The average Bonchev–Trinajstić information content (AvgIpc) is 2.25. The molecule has 0 atom stereocenters. The second kappa shape index (κ2) is 5.34. The van der Waals surface area contributed by atoms with Gasteiger partial charge in [0.1, 0.15) is 0 Å². The van der Waals surface area contributed by atoms with Gasteiger partial charge in [0, 0.05) is 5.69 Å². The van der Waals surface area contributed by atoms with Gasteiger partial charge in [-0.2, -0.15) is 0 Å². The normalized spacial score (nSPS) is 11.3. The second-order valence-electron chi connectivity index (χ2n) is 3.87. The number of nitrogens with one attached hydrogen (secondary N) is 2. The first-order valence-electron chi connectivity index (χ1n) is 5.13. The van der Waals surface area contributed by atoms with Crippen LogP contribution < -0.4 is 21.7 Å². The lowest BCUT2D eigenvalue weighted by atomic mass is 10.1. The Balaban J connectivity index is 3.20. The molecule has 8 heteroatoms. The van der Waals surface area contributed by atoms with Gasteiger partial charge in [-0.05, 0) is 37.1 Å². The number of carbonyl (C=O) groups excluding carboxylic acids is 1. The van der Waals surface area contributed by atoms with Crippen molar-refractivity contribution in [3.05, 3.63) is 23.3 Å². The summed E-state index contributed by atoms with van der Waals surface area (Å²) in [7, 11) is -3.76. The number of nitrogens with two attached hydrogens (primary N) is 2. The van der Waals surface area contributed by atoms with Crippen LogP contribution in [0.25, 0.3) is 0 Å². The molecule has 0 unspecified atom stereocenters. The van der Waals surface area contributed by atoms with Gasteiger partial charge in [-0.15, -0.1) is 0 Å². The molecule has 7 nitrogen and oxygen atoms in total. The predicted octanol–water partition coefficient (Wildman–Crippen LogP) is -0.647. The minimum atomic E-state index is -3.76. The zero-order chi connectivity index (χ0) is 13.9. The van der Waals surface area contributed by atoms with E-state index >= 15 is 0 Å². The van der Waals surface area contributed by atoms with Crippen LogP contribution in [-0.2, 0) is 14.8 Å². The van der Waals surface area contributed by atoms with E-state index in [1.807, 2.05) is 0 Å². The summed E-state index contributed by atoms with van der Waals surface area (Å²) in [6.45, 7) is 2.86. The number of hydrogen-bond donors (Lipinski definition) is 4. The van der Waals surface area contributed by atoms with Gasteiger partial charge in [0.05, 0.1) is 11.4 Å². The smallest absolute Gasteiger partial charge is 0.241 e. The highest BCUT2D eigenvalue weighted by molar-refractivity contribution is 7.89. The van der Waals surface area contributed by atoms with Crippen molar-refractivity contribution in [1.82, 2.24) is 4.72 Å². The van der Waals surface area contributed by atoms with Crippen molar-refractivity contribution >= 4 is 21.6 Å². The molecule has 18 heavy (non-hydrogen) atoms. The quantitative estimate of drug-likeness (QED) is 0.418. The molecule has 0 bridgehead atoms. The van der Waals surface area contributed by atoms with E-state index in [4.69, 9.17) is 11.6 Å². The Hall–Kier alpha value is -1.64. The van der Waals surface area contributed by atoms with E-state index in [1.165, 1.54) is 0 Å². The molecule has 0 aliphatic rings. The van der Waals surface area contributed by atoms with Gasteiger partial charge in [0.15, 0.2) is 0 Å². The summed E-state index contributed by atoms with van der Waals surface area (Å²) < 4.78 is 26.2. The summed E-state index contributed by atoms with van der Waals surface area (Å²) in [5, 5.41) is 0. The van der Waals surface area contributed by atoms with Crippen LogP contribution in [0.4, 0.5) is 5.69 Å². The third-order valence-corrected chi connectivity index (χ3v) is 4.04. The lowest BCUT2D eigenvalue weighted by molar-refractivity contribution is -0.116. The standard InChI is InChI=1S/C10H16N4O3S/c1-6-3-8(14-12)4-7(2)10(6)18(16,17)13-5-9(11)15/h3-4,13-14H,5,12H2,1-2H3,(H2,11,15). The van der Waals surface area contributed by atoms with E-state index < -0.39 is 22.5 Å². The zero-order valence-corrected chi connectivity index (χ0v) is 11.0. The average molecular weight is 272 g/mol. The molecule has 1 aromatic rings. The van der Waals surface area contributed by atoms with Gasteiger partial charge in [-0.25, -0.2) is 13.1 Å². The molecule has 0 aromatic heterocycles. The van der Waals surface area contributed by atoms with Gasteiger partial charge in [0.2, 0.25) is 15.9 Å². The summed E-state index contributed by atoms with van der Waals surface area (Å²) in [4.78, 5) is 10.7. The molecule has 0 aliphatic heterocycles. The van der Waals surface area contributed by atoms with E-state index in [1.54, 1.807) is 26.0 Å². The van der Waals surface area contributed by atoms with Crippen LogP contribution in [0.5, 0.6) is 0 Å². The summed E-state index contributed by atoms with van der Waals surface area (Å²) in [5.41, 5.74) is 9.02. The van der Waals surface area contributed by atoms with Crippen molar-refractivity contribution in [3.8, 4) is 0 Å². The van der Waals surface area contributed by atoms with Crippen LogP contribution in [0.2, 0.25) is 0 Å². The molecule has 0 fully saturated rings. The number of primary amides is 1. The number of amides is 1. The Bertz CT molecular complexity index is 545.